The van der Waals surface area contributed by atoms with E-state index in [0.29, 0.717) is 13.2 Å². The van der Waals surface area contributed by atoms with Gasteiger partial charge in [-0.15, -0.1) is 0 Å². The molecule has 14 heavy (non-hydrogen) atoms. The minimum absolute atomic E-state index is 0.00524. The number of β-amino-alcohol motifs (C(OH)–C–C–N with tert-alkyl or cyclic N) is 1. The molecule has 0 spiro atoms. The van der Waals surface area contributed by atoms with Gasteiger partial charge in [-0.25, -0.2) is 0 Å². The van der Waals surface area contributed by atoms with Gasteiger partial charge >= 0.3 is 0 Å². The number of rotatable bonds is 5. The second-order valence-corrected chi connectivity index (χ2v) is 4.17. The average Bonchev–Trinajstić information content (AvgIpc) is 2.46. The maximum absolute atomic E-state index is 9.48. The summed E-state index contributed by atoms with van der Waals surface area (Å²) >= 11 is 0. The number of methoxy groups -OCH3 is 1. The minimum Gasteiger partial charge on any atom is -0.389 e. The molecule has 4 heteroatoms. The lowest BCUT2D eigenvalue weighted by molar-refractivity contribution is 0.0482. The van der Waals surface area contributed by atoms with Gasteiger partial charge in [-0.05, 0) is 20.3 Å². The highest BCUT2D eigenvalue weighted by molar-refractivity contribution is 4.93. The molecule has 1 heterocycles. The molecule has 4 nitrogen and oxygen atoms in total. The Morgan fingerprint density at radius 3 is 2.93 bits per heavy atom. The van der Waals surface area contributed by atoms with Crippen LogP contribution in [0, 0.1) is 0 Å². The van der Waals surface area contributed by atoms with Crippen LogP contribution >= 0.6 is 0 Å². The zero-order valence-electron chi connectivity index (χ0n) is 9.25. The molecule has 3 atom stereocenters. The Balaban J connectivity index is 2.29. The minimum atomic E-state index is -0.440. The van der Waals surface area contributed by atoms with Crippen LogP contribution in [0.3, 0.4) is 0 Å². The fourth-order valence-electron chi connectivity index (χ4n) is 1.67. The van der Waals surface area contributed by atoms with Gasteiger partial charge in [-0.1, -0.05) is 0 Å². The van der Waals surface area contributed by atoms with E-state index in [9.17, 15) is 5.11 Å². The number of hydrogen-bond donors (Lipinski definition) is 2. The maximum atomic E-state index is 9.48. The van der Waals surface area contributed by atoms with E-state index in [2.05, 4.69) is 19.2 Å². The predicted molar refractivity (Wildman–Crippen MR) is 54.3 cm³/mol. The van der Waals surface area contributed by atoms with Crippen LogP contribution in [0.2, 0.25) is 0 Å². The third kappa shape index (κ3) is 2.92. The molecule has 0 aromatic heterocycles. The topological polar surface area (TPSA) is 50.7 Å². The Labute approximate surface area is 85.6 Å². The molecular weight excluding hydrogens is 182 g/mol. The van der Waals surface area contributed by atoms with Crippen molar-refractivity contribution >= 4 is 0 Å². The van der Waals surface area contributed by atoms with Crippen LogP contribution in [0.25, 0.3) is 0 Å². The van der Waals surface area contributed by atoms with E-state index in [0.717, 1.165) is 13.0 Å². The summed E-state index contributed by atoms with van der Waals surface area (Å²) in [5.74, 6) is 0. The number of aliphatic hydroxyl groups excluding tert-OH is 1. The second kappa shape index (κ2) is 5.07. The molecule has 1 aliphatic rings. The standard InChI is InChI=1S/C10H21NO3/c1-8-10(2,4-5-14-8)11-6-9(12)7-13-3/h8-9,11-12H,4-7H2,1-3H3. The van der Waals surface area contributed by atoms with Gasteiger partial charge in [0, 0.05) is 25.8 Å². The normalized spacial score (nSPS) is 34.7. The summed E-state index contributed by atoms with van der Waals surface area (Å²) in [7, 11) is 1.59. The summed E-state index contributed by atoms with van der Waals surface area (Å²) in [5, 5.41) is 12.8. The molecule has 3 unspecified atom stereocenters. The van der Waals surface area contributed by atoms with E-state index in [4.69, 9.17) is 9.47 Å². The largest absolute Gasteiger partial charge is 0.389 e. The zero-order chi connectivity index (χ0) is 10.6. The van der Waals surface area contributed by atoms with Crippen molar-refractivity contribution in [2.24, 2.45) is 0 Å². The van der Waals surface area contributed by atoms with Crippen molar-refractivity contribution in [2.45, 2.75) is 38.0 Å². The molecule has 0 amide bonds. The monoisotopic (exact) mass is 203 g/mol. The lowest BCUT2D eigenvalue weighted by Gasteiger charge is -2.30. The van der Waals surface area contributed by atoms with E-state index < -0.39 is 6.10 Å². The number of aliphatic hydroxyl groups is 1. The zero-order valence-corrected chi connectivity index (χ0v) is 9.25. The summed E-state index contributed by atoms with van der Waals surface area (Å²) in [6.07, 6.45) is 0.760. The third-order valence-corrected chi connectivity index (χ3v) is 2.99. The lowest BCUT2D eigenvalue weighted by Crippen LogP contribution is -2.50. The number of ether oxygens (including phenoxy) is 2. The molecule has 0 aromatic rings. The molecule has 1 rings (SSSR count). The van der Waals surface area contributed by atoms with Crippen LogP contribution < -0.4 is 5.32 Å². The predicted octanol–water partition coefficient (Wildman–Crippen LogP) is 0.151. The maximum Gasteiger partial charge on any atom is 0.0897 e. The van der Waals surface area contributed by atoms with Crippen molar-refractivity contribution < 1.29 is 14.6 Å². The molecule has 0 aliphatic carbocycles. The van der Waals surface area contributed by atoms with Crippen molar-refractivity contribution in [1.82, 2.24) is 5.32 Å². The Hall–Kier alpha value is -0.160. The number of hydrogen-bond acceptors (Lipinski definition) is 4. The van der Waals surface area contributed by atoms with Crippen LogP contribution in [-0.4, -0.2) is 49.7 Å². The highest BCUT2D eigenvalue weighted by atomic mass is 16.5. The quantitative estimate of drug-likeness (QED) is 0.668. The van der Waals surface area contributed by atoms with Gasteiger partial charge in [0.05, 0.1) is 18.8 Å². The van der Waals surface area contributed by atoms with E-state index in [1.165, 1.54) is 0 Å². The first-order chi connectivity index (χ1) is 6.58. The van der Waals surface area contributed by atoms with Crippen molar-refractivity contribution in [1.29, 1.82) is 0 Å². The van der Waals surface area contributed by atoms with E-state index >= 15 is 0 Å². The lowest BCUT2D eigenvalue weighted by atomic mass is 9.94. The fourth-order valence-corrected chi connectivity index (χ4v) is 1.67. The summed E-state index contributed by atoms with van der Waals surface area (Å²) in [6.45, 7) is 5.91. The van der Waals surface area contributed by atoms with Crippen LogP contribution in [0.5, 0.6) is 0 Å². The summed E-state index contributed by atoms with van der Waals surface area (Å²) in [5.41, 5.74) is -0.00524. The second-order valence-electron chi connectivity index (χ2n) is 4.17. The van der Waals surface area contributed by atoms with Crippen LogP contribution in [0.15, 0.2) is 0 Å². The first kappa shape index (κ1) is 11.9. The van der Waals surface area contributed by atoms with Crippen molar-refractivity contribution in [2.75, 3.05) is 26.9 Å². The van der Waals surface area contributed by atoms with Gasteiger partial charge in [0.1, 0.15) is 0 Å². The van der Waals surface area contributed by atoms with Gasteiger partial charge in [0.15, 0.2) is 0 Å². The van der Waals surface area contributed by atoms with Crippen molar-refractivity contribution in [3.8, 4) is 0 Å². The Morgan fingerprint density at radius 1 is 1.71 bits per heavy atom. The molecule has 0 saturated carbocycles. The molecular formula is C10H21NO3. The molecule has 1 saturated heterocycles. The first-order valence-corrected chi connectivity index (χ1v) is 5.12. The number of nitrogens with one attached hydrogen (secondary N) is 1. The van der Waals surface area contributed by atoms with Crippen LogP contribution in [0.1, 0.15) is 20.3 Å². The Morgan fingerprint density at radius 2 is 2.43 bits per heavy atom. The summed E-state index contributed by atoms with van der Waals surface area (Å²) in [4.78, 5) is 0. The first-order valence-electron chi connectivity index (χ1n) is 5.12. The van der Waals surface area contributed by atoms with E-state index in [1.807, 2.05) is 0 Å². The third-order valence-electron chi connectivity index (χ3n) is 2.99. The van der Waals surface area contributed by atoms with Gasteiger partial charge in [-0.2, -0.15) is 0 Å². The molecule has 1 fully saturated rings. The van der Waals surface area contributed by atoms with Crippen molar-refractivity contribution in [3.05, 3.63) is 0 Å². The van der Waals surface area contributed by atoms with E-state index in [1.54, 1.807) is 7.11 Å². The van der Waals surface area contributed by atoms with Crippen molar-refractivity contribution in [3.63, 3.8) is 0 Å². The van der Waals surface area contributed by atoms with Crippen LogP contribution in [0.4, 0.5) is 0 Å². The van der Waals surface area contributed by atoms with Gasteiger partial charge in [0.25, 0.3) is 0 Å². The summed E-state index contributed by atoms with van der Waals surface area (Å²) < 4.78 is 10.3. The van der Waals surface area contributed by atoms with Gasteiger partial charge in [0.2, 0.25) is 0 Å². The molecule has 84 valence electrons. The Kier molecular flexibility index (Phi) is 4.31. The van der Waals surface area contributed by atoms with E-state index in [-0.39, 0.29) is 11.6 Å². The Bertz CT molecular complexity index is 177. The summed E-state index contributed by atoms with van der Waals surface area (Å²) in [6, 6.07) is 0. The van der Waals surface area contributed by atoms with Gasteiger partial charge in [-0.3, -0.25) is 0 Å². The average molecular weight is 203 g/mol. The smallest absolute Gasteiger partial charge is 0.0897 e. The molecule has 0 bridgehead atoms. The molecule has 0 radical (unpaired) electrons. The van der Waals surface area contributed by atoms with Gasteiger partial charge < -0.3 is 19.9 Å². The highest BCUT2D eigenvalue weighted by Gasteiger charge is 2.36. The molecule has 2 N–H and O–H groups in total. The SMILES string of the molecule is COCC(O)CNC1(C)CCOC1C. The fraction of sp³-hybridized carbons (Fsp3) is 1.00. The molecule has 1 aliphatic heterocycles. The molecule has 0 aromatic carbocycles. The van der Waals surface area contributed by atoms with Crippen LogP contribution in [-0.2, 0) is 9.47 Å². The highest BCUT2D eigenvalue weighted by Crippen LogP contribution is 2.24.